The summed E-state index contributed by atoms with van der Waals surface area (Å²) in [6.45, 7) is 4.08. The third-order valence-corrected chi connectivity index (χ3v) is 1.26. The number of rotatable bonds is 3. The maximum atomic E-state index is 9.17. The second-order valence-corrected chi connectivity index (χ2v) is 2.35. The topological polar surface area (TPSA) is 20.2 Å². The quantitative estimate of drug-likeness (QED) is 0.594. The summed E-state index contributed by atoms with van der Waals surface area (Å²) in [7, 11) is 0. The Morgan fingerprint density at radius 2 is 2.00 bits per heavy atom. The molecule has 0 saturated carbocycles. The highest BCUT2D eigenvalue weighted by Gasteiger charge is 1.97. The number of aliphatic hydroxyl groups excluding tert-OH is 1. The van der Waals surface area contributed by atoms with Gasteiger partial charge in [-0.15, -0.1) is 11.8 Å². The molecule has 1 atom stereocenters. The predicted octanol–water partition coefficient (Wildman–Crippen LogP) is 1.95. The van der Waals surface area contributed by atoms with Crippen molar-refractivity contribution in [2.75, 3.05) is 0 Å². The molecule has 1 nitrogen and oxygen atoms in total. The predicted molar refractivity (Wildman–Crippen MR) is 43.6 cm³/mol. The summed E-state index contributed by atoms with van der Waals surface area (Å²) in [5, 5.41) is 9.17. The van der Waals surface area contributed by atoms with Crippen LogP contribution >= 0.6 is 0 Å². The van der Waals surface area contributed by atoms with Crippen LogP contribution in [0.25, 0.3) is 0 Å². The molecule has 0 aromatic heterocycles. The van der Waals surface area contributed by atoms with E-state index in [-0.39, 0.29) is 6.10 Å². The zero-order valence-corrected chi connectivity index (χ0v) is 6.85. The lowest BCUT2D eigenvalue weighted by molar-refractivity contribution is 0.169. The molecular weight excluding hydrogens is 124 g/mol. The Kier molecular flexibility index (Phi) is 6.32. The Hall–Kier alpha value is -0.480. The first-order valence-corrected chi connectivity index (χ1v) is 3.95. The first kappa shape index (κ1) is 9.52. The van der Waals surface area contributed by atoms with Crippen molar-refractivity contribution in [1.29, 1.82) is 0 Å². The lowest BCUT2D eigenvalue weighted by atomic mass is 10.1. The van der Waals surface area contributed by atoms with Gasteiger partial charge in [0.15, 0.2) is 0 Å². The molecule has 58 valence electrons. The van der Waals surface area contributed by atoms with Crippen molar-refractivity contribution in [3.63, 3.8) is 0 Å². The zero-order chi connectivity index (χ0) is 7.82. The summed E-state index contributed by atoms with van der Waals surface area (Å²) in [4.78, 5) is 0. The monoisotopic (exact) mass is 140 g/mol. The van der Waals surface area contributed by atoms with E-state index in [2.05, 4.69) is 18.8 Å². The number of hydrogen-bond donors (Lipinski definition) is 1. The smallest absolute Gasteiger partial charge is 0.0649 e. The van der Waals surface area contributed by atoms with Gasteiger partial charge in [0.1, 0.15) is 0 Å². The van der Waals surface area contributed by atoms with Gasteiger partial charge in [0.25, 0.3) is 0 Å². The van der Waals surface area contributed by atoms with E-state index < -0.39 is 0 Å². The van der Waals surface area contributed by atoms with Crippen molar-refractivity contribution in [3.05, 3.63) is 0 Å². The molecule has 0 saturated heterocycles. The molecule has 0 rings (SSSR count). The molecule has 0 aliphatic heterocycles. The summed E-state index contributed by atoms with van der Waals surface area (Å²) < 4.78 is 0. The molecule has 0 aliphatic rings. The first-order chi connectivity index (χ1) is 4.81. The van der Waals surface area contributed by atoms with Crippen LogP contribution in [0.1, 0.15) is 39.5 Å². The Balaban J connectivity index is 3.29. The molecule has 1 heteroatoms. The van der Waals surface area contributed by atoms with Crippen LogP contribution in [0.2, 0.25) is 0 Å². The summed E-state index contributed by atoms with van der Waals surface area (Å²) >= 11 is 0. The van der Waals surface area contributed by atoms with Crippen LogP contribution in [-0.4, -0.2) is 11.2 Å². The minimum absolute atomic E-state index is 0.205. The Labute approximate surface area is 63.5 Å². The van der Waals surface area contributed by atoms with E-state index in [1.54, 1.807) is 0 Å². The average Bonchev–Trinajstić information content (AvgIpc) is 1.89. The third-order valence-electron chi connectivity index (χ3n) is 1.26. The highest BCUT2D eigenvalue weighted by atomic mass is 16.3. The van der Waals surface area contributed by atoms with Gasteiger partial charge in [-0.25, -0.2) is 0 Å². The van der Waals surface area contributed by atoms with Gasteiger partial charge in [-0.3, -0.25) is 0 Å². The maximum Gasteiger partial charge on any atom is 0.0649 e. The van der Waals surface area contributed by atoms with Crippen LogP contribution in [0.15, 0.2) is 0 Å². The number of aliphatic hydroxyl groups is 1. The van der Waals surface area contributed by atoms with Crippen LogP contribution in [-0.2, 0) is 0 Å². The van der Waals surface area contributed by atoms with Crippen LogP contribution in [0.5, 0.6) is 0 Å². The Bertz CT molecular complexity index is 118. The molecular formula is C9H16O. The fraction of sp³-hybridized carbons (Fsp3) is 0.778. The van der Waals surface area contributed by atoms with Crippen molar-refractivity contribution in [2.24, 2.45) is 0 Å². The first-order valence-electron chi connectivity index (χ1n) is 3.95. The SMILES string of the molecule is CCC#CCC(O)CCC. The van der Waals surface area contributed by atoms with Crippen LogP contribution < -0.4 is 0 Å². The molecule has 0 aromatic carbocycles. The van der Waals surface area contributed by atoms with E-state index in [9.17, 15) is 5.11 Å². The summed E-state index contributed by atoms with van der Waals surface area (Å²) in [5.74, 6) is 5.85. The highest BCUT2D eigenvalue weighted by Crippen LogP contribution is 1.98. The van der Waals surface area contributed by atoms with Crippen molar-refractivity contribution >= 4 is 0 Å². The van der Waals surface area contributed by atoms with Crippen molar-refractivity contribution in [2.45, 2.75) is 45.6 Å². The molecule has 0 aliphatic carbocycles. The largest absolute Gasteiger partial charge is 0.392 e. The molecule has 10 heavy (non-hydrogen) atoms. The molecule has 1 unspecified atom stereocenters. The van der Waals surface area contributed by atoms with Crippen LogP contribution in [0, 0.1) is 11.8 Å². The van der Waals surface area contributed by atoms with E-state index in [0.29, 0.717) is 6.42 Å². The third kappa shape index (κ3) is 5.65. The average molecular weight is 140 g/mol. The van der Waals surface area contributed by atoms with Crippen molar-refractivity contribution < 1.29 is 5.11 Å². The normalized spacial score (nSPS) is 11.9. The molecule has 0 heterocycles. The standard InChI is InChI=1S/C9H16O/c1-3-5-6-8-9(10)7-4-2/h9-10H,3-4,7-8H2,1-2H3. The van der Waals surface area contributed by atoms with Gasteiger partial charge >= 0.3 is 0 Å². The molecule has 1 N–H and O–H groups in total. The van der Waals surface area contributed by atoms with E-state index in [0.717, 1.165) is 19.3 Å². The van der Waals surface area contributed by atoms with Gasteiger partial charge in [0, 0.05) is 12.8 Å². The fourth-order valence-corrected chi connectivity index (χ4v) is 0.750. The molecule has 0 bridgehead atoms. The minimum atomic E-state index is -0.205. The van der Waals surface area contributed by atoms with Gasteiger partial charge in [0.2, 0.25) is 0 Å². The number of hydrogen-bond acceptors (Lipinski definition) is 1. The lowest BCUT2D eigenvalue weighted by Gasteiger charge is -2.01. The fourth-order valence-electron chi connectivity index (χ4n) is 0.750. The molecule has 0 aromatic rings. The van der Waals surface area contributed by atoms with Gasteiger partial charge in [0.05, 0.1) is 6.10 Å². The summed E-state index contributed by atoms with van der Waals surface area (Å²) in [6, 6.07) is 0. The minimum Gasteiger partial charge on any atom is -0.392 e. The van der Waals surface area contributed by atoms with Gasteiger partial charge in [-0.1, -0.05) is 20.3 Å². The molecule has 0 spiro atoms. The second-order valence-electron chi connectivity index (χ2n) is 2.35. The van der Waals surface area contributed by atoms with Gasteiger partial charge in [-0.05, 0) is 6.42 Å². The second kappa shape index (κ2) is 6.64. The van der Waals surface area contributed by atoms with Crippen LogP contribution in [0.3, 0.4) is 0 Å². The molecule has 0 radical (unpaired) electrons. The van der Waals surface area contributed by atoms with Crippen molar-refractivity contribution in [1.82, 2.24) is 0 Å². The lowest BCUT2D eigenvalue weighted by Crippen LogP contribution is -2.03. The Morgan fingerprint density at radius 1 is 1.30 bits per heavy atom. The van der Waals surface area contributed by atoms with E-state index in [4.69, 9.17) is 0 Å². The Morgan fingerprint density at radius 3 is 2.50 bits per heavy atom. The molecule has 0 fully saturated rings. The van der Waals surface area contributed by atoms with E-state index in [1.807, 2.05) is 6.92 Å². The summed E-state index contributed by atoms with van der Waals surface area (Å²) in [6.07, 6.45) is 3.23. The summed E-state index contributed by atoms with van der Waals surface area (Å²) in [5.41, 5.74) is 0. The van der Waals surface area contributed by atoms with Crippen molar-refractivity contribution in [3.8, 4) is 11.8 Å². The zero-order valence-electron chi connectivity index (χ0n) is 6.85. The molecule has 0 amide bonds. The van der Waals surface area contributed by atoms with Gasteiger partial charge < -0.3 is 5.11 Å². The van der Waals surface area contributed by atoms with E-state index in [1.165, 1.54) is 0 Å². The van der Waals surface area contributed by atoms with Crippen LogP contribution in [0.4, 0.5) is 0 Å². The highest BCUT2D eigenvalue weighted by molar-refractivity contribution is 4.99. The maximum absolute atomic E-state index is 9.17. The van der Waals surface area contributed by atoms with E-state index >= 15 is 0 Å². The van der Waals surface area contributed by atoms with Gasteiger partial charge in [-0.2, -0.15) is 0 Å².